The Labute approximate surface area is 101 Å². The van der Waals surface area contributed by atoms with Crippen LogP contribution in [0.25, 0.3) is 0 Å². The molecule has 0 saturated carbocycles. The van der Waals surface area contributed by atoms with Gasteiger partial charge < -0.3 is 9.64 Å². The summed E-state index contributed by atoms with van der Waals surface area (Å²) in [5.41, 5.74) is 0.727. The minimum Gasteiger partial charge on any atom is -0.487 e. The molecule has 1 aromatic rings. The largest absolute Gasteiger partial charge is 0.487 e. The van der Waals surface area contributed by atoms with Crippen molar-refractivity contribution in [2.45, 2.75) is 31.3 Å². The van der Waals surface area contributed by atoms with Gasteiger partial charge in [0.1, 0.15) is 17.2 Å². The third-order valence-electron chi connectivity index (χ3n) is 4.13. The van der Waals surface area contributed by atoms with Gasteiger partial charge in [0.15, 0.2) is 0 Å². The molecule has 2 heterocycles. The number of piperidine rings is 1. The number of nitrogens with zero attached hydrogens (tertiary/aromatic N) is 1. The zero-order valence-electron chi connectivity index (χ0n) is 10.2. The predicted octanol–water partition coefficient (Wildman–Crippen LogP) is 2.62. The zero-order valence-corrected chi connectivity index (χ0v) is 10.2. The van der Waals surface area contributed by atoms with Gasteiger partial charge in [-0.05, 0) is 44.9 Å². The van der Waals surface area contributed by atoms with Crippen LogP contribution in [0.15, 0.2) is 18.2 Å². The Morgan fingerprint density at radius 2 is 2.00 bits per heavy atom. The molecule has 0 aromatic heterocycles. The van der Waals surface area contributed by atoms with Crippen molar-refractivity contribution in [1.29, 1.82) is 0 Å². The van der Waals surface area contributed by atoms with Gasteiger partial charge in [-0.2, -0.15) is 0 Å². The molecule has 1 spiro atoms. The summed E-state index contributed by atoms with van der Waals surface area (Å²) in [7, 11) is 2.14. The molecule has 0 atom stereocenters. The Balaban J connectivity index is 1.85. The SMILES string of the molecule is CN1CCC2(CCc3c(F)cccc3O2)CC1. The van der Waals surface area contributed by atoms with E-state index in [-0.39, 0.29) is 11.4 Å². The average Bonchev–Trinajstić information content (AvgIpc) is 2.34. The number of benzene rings is 1. The lowest BCUT2D eigenvalue weighted by atomic mass is 9.83. The Morgan fingerprint density at radius 1 is 1.24 bits per heavy atom. The Kier molecular flexibility index (Phi) is 2.58. The van der Waals surface area contributed by atoms with Crippen LogP contribution in [0.5, 0.6) is 5.75 Å². The minimum atomic E-state index is -0.120. The van der Waals surface area contributed by atoms with Gasteiger partial charge in [-0.25, -0.2) is 4.39 Å². The van der Waals surface area contributed by atoms with Crippen LogP contribution >= 0.6 is 0 Å². The number of rotatable bonds is 0. The molecule has 92 valence electrons. The fourth-order valence-corrected chi connectivity index (χ4v) is 2.89. The molecule has 2 nitrogen and oxygen atoms in total. The summed E-state index contributed by atoms with van der Waals surface area (Å²) < 4.78 is 19.7. The molecule has 0 unspecified atom stereocenters. The monoisotopic (exact) mass is 235 g/mol. The van der Waals surface area contributed by atoms with Crippen molar-refractivity contribution >= 4 is 0 Å². The van der Waals surface area contributed by atoms with Gasteiger partial charge in [-0.1, -0.05) is 6.07 Å². The molecule has 0 bridgehead atoms. The first-order chi connectivity index (χ1) is 8.19. The van der Waals surface area contributed by atoms with Crippen molar-refractivity contribution in [3.63, 3.8) is 0 Å². The van der Waals surface area contributed by atoms with Gasteiger partial charge in [0.2, 0.25) is 0 Å². The second kappa shape index (κ2) is 3.98. The average molecular weight is 235 g/mol. The van der Waals surface area contributed by atoms with Crippen molar-refractivity contribution in [3.8, 4) is 5.75 Å². The standard InChI is InChI=1S/C14H18FNO/c1-16-9-7-14(8-10-16)6-5-11-12(15)3-2-4-13(11)17-14/h2-4H,5-10H2,1H3. The van der Waals surface area contributed by atoms with E-state index in [0.29, 0.717) is 0 Å². The van der Waals surface area contributed by atoms with E-state index in [1.54, 1.807) is 6.07 Å². The van der Waals surface area contributed by atoms with Crippen molar-refractivity contribution in [1.82, 2.24) is 4.90 Å². The molecule has 0 aliphatic carbocycles. The third kappa shape index (κ3) is 1.93. The van der Waals surface area contributed by atoms with E-state index in [9.17, 15) is 4.39 Å². The number of halogens is 1. The van der Waals surface area contributed by atoms with Crippen molar-refractivity contribution in [2.24, 2.45) is 0 Å². The van der Waals surface area contributed by atoms with Gasteiger partial charge in [0.25, 0.3) is 0 Å². The molecule has 1 saturated heterocycles. The topological polar surface area (TPSA) is 12.5 Å². The van der Waals surface area contributed by atoms with Crippen LogP contribution in [-0.4, -0.2) is 30.6 Å². The number of hydrogen-bond donors (Lipinski definition) is 0. The van der Waals surface area contributed by atoms with Crippen LogP contribution < -0.4 is 4.74 Å². The van der Waals surface area contributed by atoms with Crippen molar-refractivity contribution < 1.29 is 9.13 Å². The summed E-state index contributed by atoms with van der Waals surface area (Å²) in [6.45, 7) is 2.15. The van der Waals surface area contributed by atoms with Crippen LogP contribution in [0.2, 0.25) is 0 Å². The van der Waals surface area contributed by atoms with Crippen LogP contribution in [0.1, 0.15) is 24.8 Å². The zero-order chi connectivity index (χ0) is 11.9. The summed E-state index contributed by atoms with van der Waals surface area (Å²) >= 11 is 0. The third-order valence-corrected chi connectivity index (χ3v) is 4.13. The van der Waals surface area contributed by atoms with E-state index in [0.717, 1.165) is 50.1 Å². The maximum absolute atomic E-state index is 13.6. The van der Waals surface area contributed by atoms with Crippen LogP contribution in [0.4, 0.5) is 4.39 Å². The molecule has 3 heteroatoms. The van der Waals surface area contributed by atoms with Crippen molar-refractivity contribution in [2.75, 3.05) is 20.1 Å². The second-order valence-corrected chi connectivity index (χ2v) is 5.30. The fourth-order valence-electron chi connectivity index (χ4n) is 2.89. The van der Waals surface area contributed by atoms with Crippen molar-refractivity contribution in [3.05, 3.63) is 29.6 Å². The lowest BCUT2D eigenvalue weighted by molar-refractivity contribution is -0.00948. The van der Waals surface area contributed by atoms with Gasteiger partial charge in [0, 0.05) is 18.7 Å². The molecule has 3 rings (SSSR count). The smallest absolute Gasteiger partial charge is 0.130 e. The van der Waals surface area contributed by atoms with E-state index >= 15 is 0 Å². The molecule has 2 aliphatic heterocycles. The Morgan fingerprint density at radius 3 is 2.76 bits per heavy atom. The fraction of sp³-hybridized carbons (Fsp3) is 0.571. The molecule has 2 aliphatic rings. The number of hydrogen-bond acceptors (Lipinski definition) is 2. The molecule has 1 fully saturated rings. The molecule has 17 heavy (non-hydrogen) atoms. The lowest BCUT2D eigenvalue weighted by Crippen LogP contribution is -2.48. The highest BCUT2D eigenvalue weighted by molar-refractivity contribution is 5.37. The molecule has 0 radical (unpaired) electrons. The molecular formula is C14H18FNO. The summed E-state index contributed by atoms with van der Waals surface area (Å²) in [4.78, 5) is 2.33. The van der Waals surface area contributed by atoms with Gasteiger partial charge in [-0.3, -0.25) is 0 Å². The highest BCUT2D eigenvalue weighted by atomic mass is 19.1. The molecule has 0 N–H and O–H groups in total. The van der Waals surface area contributed by atoms with Crippen LogP contribution in [-0.2, 0) is 6.42 Å². The second-order valence-electron chi connectivity index (χ2n) is 5.30. The molecule has 1 aromatic carbocycles. The van der Waals surface area contributed by atoms with Crippen LogP contribution in [0.3, 0.4) is 0 Å². The maximum atomic E-state index is 13.6. The van der Waals surface area contributed by atoms with E-state index < -0.39 is 0 Å². The minimum absolute atomic E-state index is 0.0344. The van der Waals surface area contributed by atoms with Crippen LogP contribution in [0, 0.1) is 5.82 Å². The summed E-state index contributed by atoms with van der Waals surface area (Å²) in [5, 5.41) is 0. The van der Waals surface area contributed by atoms with Gasteiger partial charge in [0.05, 0.1) is 0 Å². The van der Waals surface area contributed by atoms with E-state index in [2.05, 4.69) is 11.9 Å². The number of likely N-dealkylation sites (tertiary alicyclic amines) is 1. The first-order valence-electron chi connectivity index (χ1n) is 6.34. The quantitative estimate of drug-likeness (QED) is 0.685. The normalized spacial score (nSPS) is 23.2. The highest BCUT2D eigenvalue weighted by Crippen LogP contribution is 2.39. The Hall–Kier alpha value is -1.09. The predicted molar refractivity (Wildman–Crippen MR) is 64.8 cm³/mol. The Bertz CT molecular complexity index is 424. The number of fused-ring (bicyclic) bond motifs is 1. The van der Waals surface area contributed by atoms with E-state index in [4.69, 9.17) is 4.74 Å². The summed E-state index contributed by atoms with van der Waals surface area (Å²) in [6.07, 6.45) is 3.87. The first-order valence-corrected chi connectivity index (χ1v) is 6.34. The molecular weight excluding hydrogens is 217 g/mol. The van der Waals surface area contributed by atoms with Gasteiger partial charge >= 0.3 is 0 Å². The molecule has 0 amide bonds. The first kappa shape index (κ1) is 11.0. The highest BCUT2D eigenvalue weighted by Gasteiger charge is 2.39. The summed E-state index contributed by atoms with van der Waals surface area (Å²) in [6, 6.07) is 5.16. The maximum Gasteiger partial charge on any atom is 0.130 e. The summed E-state index contributed by atoms with van der Waals surface area (Å²) in [5.74, 6) is 0.645. The van der Waals surface area contributed by atoms with E-state index in [1.807, 2.05) is 6.07 Å². The van der Waals surface area contributed by atoms with Gasteiger partial charge in [-0.15, -0.1) is 0 Å². The number of ether oxygens (including phenoxy) is 1. The lowest BCUT2D eigenvalue weighted by Gasteiger charge is -2.43. The van der Waals surface area contributed by atoms with E-state index in [1.165, 1.54) is 6.07 Å².